The number of fused-ring (bicyclic) bond motifs is 1. The smallest absolute Gasteiger partial charge is 0.149 e. The van der Waals surface area contributed by atoms with Gasteiger partial charge in [-0.3, -0.25) is 0 Å². The number of benzene rings is 2. The number of hydrogen-bond donors (Lipinski definition) is 1. The van der Waals surface area contributed by atoms with Crippen LogP contribution in [0.4, 0.5) is 0 Å². The van der Waals surface area contributed by atoms with Gasteiger partial charge in [-0.1, -0.05) is 18.2 Å². The Morgan fingerprint density at radius 3 is 2.54 bits per heavy atom. The molecule has 0 radical (unpaired) electrons. The topological polar surface area (TPSA) is 57.4 Å². The second-order valence-electron chi connectivity index (χ2n) is 7.20. The van der Waals surface area contributed by atoms with Crippen molar-refractivity contribution in [3.63, 3.8) is 0 Å². The molecule has 4 heteroatoms. The molecule has 2 aromatic heterocycles. The van der Waals surface area contributed by atoms with Crippen molar-refractivity contribution >= 4 is 22.7 Å². The SMILES string of the molecule is Cc1ccc(-n2c(C)cc(/C=C(\C#N)c3nc4ccccc4[nH]3)c2C)cc1C. The molecule has 2 heterocycles. The zero-order valence-electron chi connectivity index (χ0n) is 16.5. The third-order valence-corrected chi connectivity index (χ3v) is 5.28. The molecule has 0 fully saturated rings. The molecule has 0 spiro atoms. The summed E-state index contributed by atoms with van der Waals surface area (Å²) < 4.78 is 2.23. The van der Waals surface area contributed by atoms with Crippen LogP contribution in [0.5, 0.6) is 0 Å². The first-order valence-corrected chi connectivity index (χ1v) is 9.31. The van der Waals surface area contributed by atoms with Crippen LogP contribution in [0.15, 0.2) is 48.5 Å². The minimum absolute atomic E-state index is 0.525. The number of imidazole rings is 1. The molecule has 0 unspecified atom stereocenters. The summed E-state index contributed by atoms with van der Waals surface area (Å²) in [5.41, 5.74) is 9.26. The van der Waals surface area contributed by atoms with E-state index in [0.717, 1.165) is 33.7 Å². The van der Waals surface area contributed by atoms with Gasteiger partial charge in [0.05, 0.1) is 16.6 Å². The fourth-order valence-electron chi connectivity index (χ4n) is 3.59. The molecule has 28 heavy (non-hydrogen) atoms. The van der Waals surface area contributed by atoms with Gasteiger partial charge < -0.3 is 9.55 Å². The maximum Gasteiger partial charge on any atom is 0.149 e. The maximum absolute atomic E-state index is 9.73. The summed E-state index contributed by atoms with van der Waals surface area (Å²) in [6, 6.07) is 18.7. The predicted molar refractivity (Wildman–Crippen MR) is 114 cm³/mol. The Kier molecular flexibility index (Phi) is 4.37. The number of aryl methyl sites for hydroxylation is 3. The highest BCUT2D eigenvalue weighted by molar-refractivity contribution is 5.90. The Morgan fingerprint density at radius 1 is 1.04 bits per heavy atom. The Balaban J connectivity index is 1.80. The molecule has 1 N–H and O–H groups in total. The van der Waals surface area contributed by atoms with Gasteiger partial charge in [0.15, 0.2) is 0 Å². The number of hydrogen-bond acceptors (Lipinski definition) is 2. The molecule has 0 aliphatic carbocycles. The number of nitriles is 1. The van der Waals surface area contributed by atoms with Crippen molar-refractivity contribution in [2.45, 2.75) is 27.7 Å². The Bertz CT molecular complexity index is 1230. The van der Waals surface area contributed by atoms with E-state index in [1.807, 2.05) is 30.3 Å². The quantitative estimate of drug-likeness (QED) is 0.476. The zero-order chi connectivity index (χ0) is 19.8. The van der Waals surface area contributed by atoms with E-state index in [1.54, 1.807) is 0 Å². The van der Waals surface area contributed by atoms with Crippen LogP contribution in [0, 0.1) is 39.0 Å². The highest BCUT2D eigenvalue weighted by Crippen LogP contribution is 2.26. The number of nitrogens with zero attached hydrogens (tertiary/aromatic N) is 3. The molecule has 4 nitrogen and oxygen atoms in total. The van der Waals surface area contributed by atoms with E-state index < -0.39 is 0 Å². The van der Waals surface area contributed by atoms with E-state index in [9.17, 15) is 5.26 Å². The first-order valence-electron chi connectivity index (χ1n) is 9.31. The number of allylic oxidation sites excluding steroid dienone is 1. The molecule has 0 saturated carbocycles. The van der Waals surface area contributed by atoms with Crippen LogP contribution in [0.3, 0.4) is 0 Å². The number of nitrogens with one attached hydrogen (secondary N) is 1. The van der Waals surface area contributed by atoms with E-state index >= 15 is 0 Å². The molecule has 0 atom stereocenters. The summed E-state index contributed by atoms with van der Waals surface area (Å²) in [5, 5.41) is 9.73. The first-order chi connectivity index (χ1) is 13.5. The minimum atomic E-state index is 0.525. The van der Waals surface area contributed by atoms with Crippen LogP contribution < -0.4 is 0 Å². The molecular weight excluding hydrogens is 344 g/mol. The monoisotopic (exact) mass is 366 g/mol. The van der Waals surface area contributed by atoms with Crippen LogP contribution in [0.1, 0.15) is 33.9 Å². The van der Waals surface area contributed by atoms with E-state index in [4.69, 9.17) is 0 Å². The normalized spacial score (nSPS) is 11.8. The van der Waals surface area contributed by atoms with Crippen molar-refractivity contribution in [2.75, 3.05) is 0 Å². The van der Waals surface area contributed by atoms with Crippen molar-refractivity contribution in [1.82, 2.24) is 14.5 Å². The summed E-state index contributed by atoms with van der Waals surface area (Å²) in [7, 11) is 0. The summed E-state index contributed by atoms with van der Waals surface area (Å²) in [4.78, 5) is 7.81. The lowest BCUT2D eigenvalue weighted by Gasteiger charge is -2.11. The van der Waals surface area contributed by atoms with Crippen LogP contribution >= 0.6 is 0 Å². The van der Waals surface area contributed by atoms with Crippen molar-refractivity contribution in [1.29, 1.82) is 5.26 Å². The zero-order valence-corrected chi connectivity index (χ0v) is 16.5. The number of H-pyrrole nitrogens is 1. The van der Waals surface area contributed by atoms with Gasteiger partial charge >= 0.3 is 0 Å². The molecule has 0 saturated heterocycles. The van der Waals surface area contributed by atoms with E-state index in [2.05, 4.69) is 72.6 Å². The highest BCUT2D eigenvalue weighted by atomic mass is 15.0. The Labute approximate surface area is 164 Å². The van der Waals surface area contributed by atoms with Crippen molar-refractivity contribution < 1.29 is 0 Å². The molecular formula is C24H22N4. The lowest BCUT2D eigenvalue weighted by atomic mass is 10.1. The second-order valence-corrected chi connectivity index (χ2v) is 7.20. The molecule has 0 aliphatic heterocycles. The summed E-state index contributed by atoms with van der Waals surface area (Å²) in [6.45, 7) is 8.42. The van der Waals surface area contributed by atoms with Gasteiger partial charge in [0.1, 0.15) is 11.9 Å². The van der Waals surface area contributed by atoms with Crippen molar-refractivity contribution in [3.05, 3.63) is 82.4 Å². The Morgan fingerprint density at radius 2 is 1.82 bits per heavy atom. The number of aromatic amines is 1. The molecule has 0 bridgehead atoms. The van der Waals surface area contributed by atoms with Crippen molar-refractivity contribution in [2.24, 2.45) is 0 Å². The molecule has 0 aliphatic rings. The average Bonchev–Trinajstić information content (AvgIpc) is 3.23. The fourth-order valence-corrected chi connectivity index (χ4v) is 3.59. The van der Waals surface area contributed by atoms with Gasteiger partial charge in [-0.2, -0.15) is 5.26 Å². The van der Waals surface area contributed by atoms with Crippen molar-refractivity contribution in [3.8, 4) is 11.8 Å². The van der Waals surface area contributed by atoms with E-state index in [-0.39, 0.29) is 0 Å². The lowest BCUT2D eigenvalue weighted by molar-refractivity contribution is 0.961. The predicted octanol–water partition coefficient (Wildman–Crippen LogP) is 5.65. The summed E-state index contributed by atoms with van der Waals surface area (Å²) in [6.07, 6.45) is 1.91. The molecule has 4 aromatic rings. The van der Waals surface area contributed by atoms with E-state index in [1.165, 1.54) is 11.1 Å². The third-order valence-electron chi connectivity index (χ3n) is 5.28. The minimum Gasteiger partial charge on any atom is -0.337 e. The fraction of sp³-hybridized carbons (Fsp3) is 0.167. The standard InChI is InChI=1S/C24H22N4/c1-15-9-10-21(11-16(15)2)28-17(3)12-19(18(28)4)13-20(14-25)24-26-22-7-5-6-8-23(22)27-24/h5-13H,1-4H3,(H,26,27)/b20-13+. The van der Waals surface area contributed by atoms with Gasteiger partial charge in [-0.05, 0) is 80.8 Å². The maximum atomic E-state index is 9.73. The van der Waals surface area contributed by atoms with Gasteiger partial charge in [0.2, 0.25) is 0 Å². The number of para-hydroxylation sites is 2. The third kappa shape index (κ3) is 3.01. The lowest BCUT2D eigenvalue weighted by Crippen LogP contribution is -2.00. The number of rotatable bonds is 3. The van der Waals surface area contributed by atoms with Gasteiger partial charge in [0.25, 0.3) is 0 Å². The number of aromatic nitrogens is 3. The summed E-state index contributed by atoms with van der Waals surface area (Å²) in [5.74, 6) is 0.597. The molecule has 0 amide bonds. The first kappa shape index (κ1) is 17.8. The van der Waals surface area contributed by atoms with Crippen LogP contribution in [-0.2, 0) is 0 Å². The van der Waals surface area contributed by atoms with Gasteiger partial charge in [0, 0.05) is 17.1 Å². The second kappa shape index (κ2) is 6.86. The van der Waals surface area contributed by atoms with Crippen LogP contribution in [0.25, 0.3) is 28.4 Å². The summed E-state index contributed by atoms with van der Waals surface area (Å²) >= 11 is 0. The highest BCUT2D eigenvalue weighted by Gasteiger charge is 2.13. The van der Waals surface area contributed by atoms with E-state index in [0.29, 0.717) is 11.4 Å². The van der Waals surface area contributed by atoms with Crippen LogP contribution in [0.2, 0.25) is 0 Å². The molecule has 2 aromatic carbocycles. The molecule has 138 valence electrons. The van der Waals surface area contributed by atoms with Crippen LogP contribution in [-0.4, -0.2) is 14.5 Å². The average molecular weight is 366 g/mol. The van der Waals surface area contributed by atoms with Gasteiger partial charge in [-0.25, -0.2) is 4.98 Å². The Hall–Kier alpha value is -3.58. The molecule has 4 rings (SSSR count). The largest absolute Gasteiger partial charge is 0.337 e. The van der Waals surface area contributed by atoms with Gasteiger partial charge in [-0.15, -0.1) is 0 Å².